The van der Waals surface area contributed by atoms with Gasteiger partial charge < -0.3 is 10.2 Å². The van der Waals surface area contributed by atoms with Gasteiger partial charge in [0.05, 0.1) is 0 Å². The largest absolute Gasteiger partial charge is 0.378 e. The zero-order chi connectivity index (χ0) is 11.3. The Labute approximate surface area is 95.9 Å². The highest BCUT2D eigenvalue weighted by Crippen LogP contribution is 2.11. The molecule has 0 bridgehead atoms. The molecule has 0 radical (unpaired) electrons. The van der Waals surface area contributed by atoms with Crippen LogP contribution >= 0.6 is 12.6 Å². The number of thiol groups is 1. The molecular weight excluding hydrogens is 208 g/mol. The molecular formula is C11H16N2OS. The van der Waals surface area contributed by atoms with Crippen LogP contribution in [0.1, 0.15) is 10.4 Å². The molecule has 0 aliphatic rings. The molecule has 1 rings (SSSR count). The lowest BCUT2D eigenvalue weighted by atomic mass is 10.2. The second-order valence-electron chi connectivity index (χ2n) is 3.42. The minimum atomic E-state index is -0.0469. The molecule has 0 saturated heterocycles. The maximum atomic E-state index is 11.5. The Hall–Kier alpha value is -1.16. The maximum Gasteiger partial charge on any atom is 0.251 e. The topological polar surface area (TPSA) is 32.3 Å². The van der Waals surface area contributed by atoms with Crippen molar-refractivity contribution >= 4 is 24.2 Å². The minimum absolute atomic E-state index is 0.0469. The molecule has 1 aromatic carbocycles. The van der Waals surface area contributed by atoms with Crippen molar-refractivity contribution < 1.29 is 4.79 Å². The Balaban J connectivity index is 2.67. The zero-order valence-electron chi connectivity index (χ0n) is 9.03. The predicted molar refractivity (Wildman–Crippen MR) is 67.0 cm³/mol. The quantitative estimate of drug-likeness (QED) is 0.758. The summed E-state index contributed by atoms with van der Waals surface area (Å²) in [4.78, 5) is 13.5. The van der Waals surface area contributed by atoms with Crippen molar-refractivity contribution in [1.82, 2.24) is 5.32 Å². The molecule has 15 heavy (non-hydrogen) atoms. The van der Waals surface area contributed by atoms with Gasteiger partial charge in [0.2, 0.25) is 0 Å². The summed E-state index contributed by atoms with van der Waals surface area (Å²) >= 11 is 4.03. The van der Waals surface area contributed by atoms with Crippen molar-refractivity contribution in [3.05, 3.63) is 29.8 Å². The van der Waals surface area contributed by atoms with Crippen LogP contribution in [-0.2, 0) is 0 Å². The van der Waals surface area contributed by atoms with Gasteiger partial charge in [-0.3, -0.25) is 4.79 Å². The molecule has 0 atom stereocenters. The summed E-state index contributed by atoms with van der Waals surface area (Å²) in [6.45, 7) is 0.595. The molecule has 1 amide bonds. The Morgan fingerprint density at radius 3 is 2.40 bits per heavy atom. The van der Waals surface area contributed by atoms with Crippen LogP contribution < -0.4 is 10.2 Å². The summed E-state index contributed by atoms with van der Waals surface area (Å²) in [5, 5.41) is 2.77. The number of amides is 1. The Morgan fingerprint density at radius 1 is 1.33 bits per heavy atom. The molecule has 0 heterocycles. The van der Waals surface area contributed by atoms with E-state index in [1.165, 1.54) is 0 Å². The van der Waals surface area contributed by atoms with Crippen LogP contribution in [0.25, 0.3) is 0 Å². The van der Waals surface area contributed by atoms with Crippen LogP contribution in [-0.4, -0.2) is 32.3 Å². The van der Waals surface area contributed by atoms with E-state index in [2.05, 4.69) is 17.9 Å². The van der Waals surface area contributed by atoms with Gasteiger partial charge in [-0.1, -0.05) is 0 Å². The fourth-order valence-corrected chi connectivity index (χ4v) is 1.29. The molecule has 1 aromatic rings. The van der Waals surface area contributed by atoms with Crippen molar-refractivity contribution in [3.8, 4) is 0 Å². The molecule has 0 saturated carbocycles. The number of carbonyl (C=O) groups is 1. The molecule has 0 spiro atoms. The second-order valence-corrected chi connectivity index (χ2v) is 3.87. The minimum Gasteiger partial charge on any atom is -0.378 e. The van der Waals surface area contributed by atoms with Gasteiger partial charge in [0.15, 0.2) is 0 Å². The number of rotatable bonds is 4. The van der Waals surface area contributed by atoms with Crippen LogP contribution in [0.3, 0.4) is 0 Å². The van der Waals surface area contributed by atoms with E-state index in [4.69, 9.17) is 0 Å². The molecule has 82 valence electrons. The molecule has 0 unspecified atom stereocenters. The van der Waals surface area contributed by atoms with Gasteiger partial charge >= 0.3 is 0 Å². The summed E-state index contributed by atoms with van der Waals surface area (Å²) < 4.78 is 0. The number of nitrogens with one attached hydrogen (secondary N) is 1. The Bertz CT molecular complexity index is 322. The maximum absolute atomic E-state index is 11.5. The van der Waals surface area contributed by atoms with Gasteiger partial charge in [-0.15, -0.1) is 0 Å². The smallest absolute Gasteiger partial charge is 0.251 e. The monoisotopic (exact) mass is 224 g/mol. The number of benzene rings is 1. The summed E-state index contributed by atoms with van der Waals surface area (Å²) in [5.41, 5.74) is 1.77. The van der Waals surface area contributed by atoms with Gasteiger partial charge in [-0.2, -0.15) is 12.6 Å². The first-order valence-electron chi connectivity index (χ1n) is 4.81. The fourth-order valence-electron chi connectivity index (χ4n) is 1.18. The van der Waals surface area contributed by atoms with E-state index in [9.17, 15) is 4.79 Å². The predicted octanol–water partition coefficient (Wildman–Crippen LogP) is 1.41. The molecule has 0 aromatic heterocycles. The molecule has 3 nitrogen and oxygen atoms in total. The number of hydrogen-bond donors (Lipinski definition) is 2. The summed E-state index contributed by atoms with van der Waals surface area (Å²) in [7, 11) is 3.94. The van der Waals surface area contributed by atoms with Crippen LogP contribution in [0.2, 0.25) is 0 Å². The van der Waals surface area contributed by atoms with E-state index in [1.54, 1.807) is 0 Å². The first-order chi connectivity index (χ1) is 7.15. The summed E-state index contributed by atoms with van der Waals surface area (Å²) in [5.74, 6) is 0.607. The number of carbonyl (C=O) groups excluding carboxylic acids is 1. The van der Waals surface area contributed by atoms with Gasteiger partial charge in [0.1, 0.15) is 0 Å². The van der Waals surface area contributed by atoms with Crippen molar-refractivity contribution in [2.45, 2.75) is 0 Å². The lowest BCUT2D eigenvalue weighted by Gasteiger charge is -2.12. The highest BCUT2D eigenvalue weighted by atomic mass is 32.1. The summed E-state index contributed by atoms with van der Waals surface area (Å²) in [6, 6.07) is 7.50. The highest BCUT2D eigenvalue weighted by Gasteiger charge is 2.04. The third kappa shape index (κ3) is 3.47. The summed E-state index contributed by atoms with van der Waals surface area (Å²) in [6.07, 6.45) is 0. The molecule has 0 fully saturated rings. The fraction of sp³-hybridized carbons (Fsp3) is 0.364. The standard InChI is InChI=1S/C11H16N2OS/c1-13(2)10-5-3-9(4-6-10)11(14)12-7-8-15/h3-6,15H,7-8H2,1-2H3,(H,12,14). The number of anilines is 1. The van der Waals surface area contributed by atoms with E-state index < -0.39 is 0 Å². The van der Waals surface area contributed by atoms with Crippen molar-refractivity contribution in [2.75, 3.05) is 31.3 Å². The van der Waals surface area contributed by atoms with Crippen LogP contribution in [0.5, 0.6) is 0 Å². The van der Waals surface area contributed by atoms with E-state index in [0.29, 0.717) is 17.9 Å². The van der Waals surface area contributed by atoms with Crippen LogP contribution in [0.15, 0.2) is 24.3 Å². The number of nitrogens with zero attached hydrogens (tertiary/aromatic N) is 1. The second kappa shape index (κ2) is 5.66. The van der Waals surface area contributed by atoms with E-state index in [-0.39, 0.29) is 5.91 Å². The third-order valence-electron chi connectivity index (χ3n) is 2.04. The average molecular weight is 224 g/mol. The molecule has 0 aliphatic heterocycles. The highest BCUT2D eigenvalue weighted by molar-refractivity contribution is 7.80. The van der Waals surface area contributed by atoms with E-state index in [0.717, 1.165) is 5.69 Å². The van der Waals surface area contributed by atoms with Gasteiger partial charge in [0.25, 0.3) is 5.91 Å². The lowest BCUT2D eigenvalue weighted by Crippen LogP contribution is -2.25. The molecule has 1 N–H and O–H groups in total. The van der Waals surface area contributed by atoms with Crippen LogP contribution in [0.4, 0.5) is 5.69 Å². The van der Waals surface area contributed by atoms with Gasteiger partial charge in [0, 0.05) is 37.6 Å². The van der Waals surface area contributed by atoms with Crippen molar-refractivity contribution in [2.24, 2.45) is 0 Å². The Morgan fingerprint density at radius 2 is 1.93 bits per heavy atom. The van der Waals surface area contributed by atoms with Gasteiger partial charge in [-0.05, 0) is 24.3 Å². The first kappa shape index (κ1) is 11.9. The first-order valence-corrected chi connectivity index (χ1v) is 5.45. The third-order valence-corrected chi connectivity index (χ3v) is 2.27. The number of hydrogen-bond acceptors (Lipinski definition) is 3. The Kier molecular flexibility index (Phi) is 4.49. The normalized spacial score (nSPS) is 9.80. The molecule has 4 heteroatoms. The lowest BCUT2D eigenvalue weighted by molar-refractivity contribution is 0.0956. The molecule has 0 aliphatic carbocycles. The zero-order valence-corrected chi connectivity index (χ0v) is 9.92. The SMILES string of the molecule is CN(C)c1ccc(C(=O)NCCS)cc1. The van der Waals surface area contributed by atoms with E-state index in [1.807, 2.05) is 43.3 Å². The average Bonchev–Trinajstić information content (AvgIpc) is 2.26. The van der Waals surface area contributed by atoms with Gasteiger partial charge in [-0.25, -0.2) is 0 Å². The van der Waals surface area contributed by atoms with Crippen molar-refractivity contribution in [3.63, 3.8) is 0 Å². The van der Waals surface area contributed by atoms with Crippen LogP contribution in [0, 0.1) is 0 Å². The van der Waals surface area contributed by atoms with E-state index >= 15 is 0 Å². The van der Waals surface area contributed by atoms with Crippen molar-refractivity contribution in [1.29, 1.82) is 0 Å².